The summed E-state index contributed by atoms with van der Waals surface area (Å²) in [6.45, 7) is 2.60. The van der Waals surface area contributed by atoms with Gasteiger partial charge in [0.15, 0.2) is 5.65 Å². The third kappa shape index (κ3) is 3.09. The Labute approximate surface area is 156 Å². The smallest absolute Gasteiger partial charge is 0.253 e. The van der Waals surface area contributed by atoms with Crippen LogP contribution in [0.5, 0.6) is 0 Å². The van der Waals surface area contributed by atoms with Gasteiger partial charge in [0.2, 0.25) is 0 Å². The number of rotatable bonds is 4. The minimum absolute atomic E-state index is 0.0854. The first-order valence-corrected chi connectivity index (χ1v) is 9.63. The molecule has 0 aromatic carbocycles. The zero-order chi connectivity index (χ0) is 18.4. The number of hydrogen-bond donors (Lipinski definition) is 0. The van der Waals surface area contributed by atoms with Crippen LogP contribution in [0.15, 0.2) is 29.7 Å². The molecule has 4 heterocycles. The molecule has 27 heavy (non-hydrogen) atoms. The Hall–Kier alpha value is -2.77. The van der Waals surface area contributed by atoms with Gasteiger partial charge in [0.1, 0.15) is 12.1 Å². The van der Waals surface area contributed by atoms with E-state index in [1.54, 1.807) is 28.0 Å². The molecule has 0 atom stereocenters. The highest BCUT2D eigenvalue weighted by molar-refractivity contribution is 5.86. The van der Waals surface area contributed by atoms with Gasteiger partial charge in [0.05, 0.1) is 23.6 Å². The Morgan fingerprint density at radius 3 is 2.67 bits per heavy atom. The summed E-state index contributed by atoms with van der Waals surface area (Å²) in [7, 11) is 1.89. The largest absolute Gasteiger partial charge is 0.356 e. The minimum atomic E-state index is 0.0854. The van der Waals surface area contributed by atoms with Crippen molar-refractivity contribution < 1.29 is 0 Å². The first-order chi connectivity index (χ1) is 13.2. The summed E-state index contributed by atoms with van der Waals surface area (Å²) >= 11 is 0. The fourth-order valence-corrected chi connectivity index (χ4v) is 3.99. The number of anilines is 1. The molecule has 1 aliphatic carbocycles. The van der Waals surface area contributed by atoms with Crippen LogP contribution in [-0.2, 0) is 13.6 Å². The molecular weight excluding hydrogens is 342 g/mol. The molecule has 1 saturated carbocycles. The number of aromatic nitrogens is 6. The SMILES string of the molecule is Cn1ncc2c(N3CCC(Cn4cnc(C5CC5)cc4=O)CC3)ncnc21. The van der Waals surface area contributed by atoms with Gasteiger partial charge in [-0.15, -0.1) is 0 Å². The van der Waals surface area contributed by atoms with Gasteiger partial charge >= 0.3 is 0 Å². The predicted molar refractivity (Wildman–Crippen MR) is 102 cm³/mol. The van der Waals surface area contributed by atoms with Gasteiger partial charge in [0, 0.05) is 38.7 Å². The lowest BCUT2D eigenvalue weighted by Gasteiger charge is -2.33. The molecule has 8 nitrogen and oxygen atoms in total. The van der Waals surface area contributed by atoms with Crippen LogP contribution in [0.4, 0.5) is 5.82 Å². The first-order valence-electron chi connectivity index (χ1n) is 9.63. The number of hydrogen-bond acceptors (Lipinski definition) is 6. The summed E-state index contributed by atoms with van der Waals surface area (Å²) in [5.74, 6) is 1.96. The van der Waals surface area contributed by atoms with E-state index in [4.69, 9.17) is 0 Å². The van der Waals surface area contributed by atoms with E-state index in [1.807, 2.05) is 13.2 Å². The quantitative estimate of drug-likeness (QED) is 0.700. The highest BCUT2D eigenvalue weighted by Crippen LogP contribution is 2.38. The Kier molecular flexibility index (Phi) is 3.91. The number of nitrogens with zero attached hydrogens (tertiary/aromatic N) is 7. The summed E-state index contributed by atoms with van der Waals surface area (Å²) in [5, 5.41) is 5.29. The second kappa shape index (κ2) is 6.44. The van der Waals surface area contributed by atoms with Crippen LogP contribution in [-0.4, -0.2) is 42.4 Å². The highest BCUT2D eigenvalue weighted by Gasteiger charge is 2.26. The molecule has 8 heteroatoms. The van der Waals surface area contributed by atoms with Gasteiger partial charge in [0.25, 0.3) is 5.56 Å². The lowest BCUT2D eigenvalue weighted by atomic mass is 9.96. The molecule has 0 bridgehead atoms. The van der Waals surface area contributed by atoms with E-state index >= 15 is 0 Å². The van der Waals surface area contributed by atoms with Crippen molar-refractivity contribution in [1.82, 2.24) is 29.3 Å². The molecule has 3 aromatic heterocycles. The maximum atomic E-state index is 12.4. The molecule has 2 aliphatic rings. The summed E-state index contributed by atoms with van der Waals surface area (Å²) in [4.78, 5) is 28.0. The standard InChI is InChI=1S/C19H23N7O/c1-24-18-15(9-23-24)19(21-11-20-18)25-6-4-13(5-7-25)10-26-12-22-16(8-17(26)27)14-2-3-14/h8-9,11-14H,2-7,10H2,1H3. The van der Waals surface area contributed by atoms with Crippen molar-refractivity contribution in [3.05, 3.63) is 41.0 Å². The van der Waals surface area contributed by atoms with Gasteiger partial charge < -0.3 is 4.90 Å². The van der Waals surface area contributed by atoms with Gasteiger partial charge in [-0.2, -0.15) is 5.10 Å². The van der Waals surface area contributed by atoms with Crippen molar-refractivity contribution in [2.24, 2.45) is 13.0 Å². The van der Waals surface area contributed by atoms with Crippen LogP contribution >= 0.6 is 0 Å². The van der Waals surface area contributed by atoms with Gasteiger partial charge in [-0.1, -0.05) is 0 Å². The third-order valence-electron chi connectivity index (χ3n) is 5.77. The zero-order valence-corrected chi connectivity index (χ0v) is 15.5. The average molecular weight is 365 g/mol. The van der Waals surface area contributed by atoms with Crippen LogP contribution < -0.4 is 10.5 Å². The van der Waals surface area contributed by atoms with E-state index in [9.17, 15) is 4.79 Å². The zero-order valence-electron chi connectivity index (χ0n) is 15.5. The topological polar surface area (TPSA) is 81.7 Å². The van der Waals surface area contributed by atoms with Crippen LogP contribution in [0.3, 0.4) is 0 Å². The predicted octanol–water partition coefficient (Wildman–Crippen LogP) is 1.71. The van der Waals surface area contributed by atoms with Crippen molar-refractivity contribution in [2.45, 2.75) is 38.1 Å². The Bertz CT molecular complexity index is 1030. The van der Waals surface area contributed by atoms with E-state index in [-0.39, 0.29) is 5.56 Å². The van der Waals surface area contributed by atoms with Crippen LogP contribution in [0, 0.1) is 5.92 Å². The lowest BCUT2D eigenvalue weighted by molar-refractivity contribution is 0.350. The van der Waals surface area contributed by atoms with E-state index in [1.165, 1.54) is 12.8 Å². The second-order valence-electron chi connectivity index (χ2n) is 7.71. The van der Waals surface area contributed by atoms with Crippen molar-refractivity contribution in [3.8, 4) is 0 Å². The Morgan fingerprint density at radius 2 is 1.93 bits per heavy atom. The summed E-state index contributed by atoms with van der Waals surface area (Å²) < 4.78 is 3.55. The normalized spacial score (nSPS) is 18.3. The number of fused-ring (bicyclic) bond motifs is 1. The fraction of sp³-hybridized carbons (Fsp3) is 0.526. The monoisotopic (exact) mass is 365 g/mol. The van der Waals surface area contributed by atoms with Crippen molar-refractivity contribution in [1.29, 1.82) is 0 Å². The molecule has 0 N–H and O–H groups in total. The first kappa shape index (κ1) is 16.4. The van der Waals surface area contributed by atoms with Gasteiger partial charge in [-0.05, 0) is 31.6 Å². The van der Waals surface area contributed by atoms with E-state index in [0.717, 1.165) is 55.0 Å². The van der Waals surface area contributed by atoms with Crippen molar-refractivity contribution >= 4 is 16.9 Å². The molecule has 3 aromatic rings. The summed E-state index contributed by atoms with van der Waals surface area (Å²) in [6, 6.07) is 1.73. The maximum Gasteiger partial charge on any atom is 0.253 e. The maximum absolute atomic E-state index is 12.4. The van der Waals surface area contributed by atoms with Gasteiger partial charge in [-0.3, -0.25) is 14.0 Å². The van der Waals surface area contributed by atoms with E-state index < -0.39 is 0 Å². The Balaban J connectivity index is 1.27. The molecule has 2 fully saturated rings. The molecule has 140 valence electrons. The van der Waals surface area contributed by atoms with Crippen LogP contribution in [0.25, 0.3) is 11.0 Å². The van der Waals surface area contributed by atoms with Crippen molar-refractivity contribution in [2.75, 3.05) is 18.0 Å². The highest BCUT2D eigenvalue weighted by atomic mass is 16.1. The van der Waals surface area contributed by atoms with Crippen molar-refractivity contribution in [3.63, 3.8) is 0 Å². The van der Waals surface area contributed by atoms with Crippen LogP contribution in [0.2, 0.25) is 0 Å². The van der Waals surface area contributed by atoms with E-state index in [0.29, 0.717) is 11.8 Å². The third-order valence-corrected chi connectivity index (χ3v) is 5.77. The molecule has 0 unspecified atom stereocenters. The molecule has 0 amide bonds. The number of aryl methyl sites for hydroxylation is 1. The van der Waals surface area contributed by atoms with E-state index in [2.05, 4.69) is 25.0 Å². The number of piperidine rings is 1. The summed E-state index contributed by atoms with van der Waals surface area (Å²) in [6.07, 6.45) is 9.59. The molecular formula is C19H23N7O. The van der Waals surface area contributed by atoms with Gasteiger partial charge in [-0.25, -0.2) is 15.0 Å². The van der Waals surface area contributed by atoms with Crippen LogP contribution in [0.1, 0.15) is 37.3 Å². The molecule has 0 radical (unpaired) electrons. The minimum Gasteiger partial charge on any atom is -0.356 e. The summed E-state index contributed by atoms with van der Waals surface area (Å²) in [5.41, 5.74) is 1.91. The Morgan fingerprint density at radius 1 is 1.11 bits per heavy atom. The molecule has 0 spiro atoms. The average Bonchev–Trinajstić information content (AvgIpc) is 3.47. The lowest BCUT2D eigenvalue weighted by Crippen LogP contribution is -2.37. The molecule has 1 saturated heterocycles. The molecule has 1 aliphatic heterocycles. The molecule has 5 rings (SSSR count). The fourth-order valence-electron chi connectivity index (χ4n) is 3.99. The second-order valence-corrected chi connectivity index (χ2v) is 7.71.